The molecule has 3 rings (SSSR count). The minimum absolute atomic E-state index is 0.306. The molecule has 2 aliphatic carbocycles. The zero-order valence-electron chi connectivity index (χ0n) is 13.8. The summed E-state index contributed by atoms with van der Waals surface area (Å²) in [7, 11) is 0. The maximum Gasteiger partial charge on any atom is 0.223 e. The lowest BCUT2D eigenvalue weighted by Crippen LogP contribution is -2.42. The van der Waals surface area contributed by atoms with E-state index in [1.807, 2.05) is 0 Å². The molecule has 0 aromatic heterocycles. The van der Waals surface area contributed by atoms with Crippen molar-refractivity contribution in [2.45, 2.75) is 71.3 Å². The molecule has 3 nitrogen and oxygen atoms in total. The largest absolute Gasteiger partial charge is 0.353 e. The second kappa shape index (κ2) is 6.28. The van der Waals surface area contributed by atoms with Gasteiger partial charge in [-0.1, -0.05) is 39.0 Å². The van der Waals surface area contributed by atoms with Gasteiger partial charge in [-0.05, 0) is 56.5 Å². The Bertz CT molecular complexity index is 369. The van der Waals surface area contributed by atoms with Crippen LogP contribution in [0.5, 0.6) is 0 Å². The molecular weight excluding hydrogens is 260 g/mol. The molecule has 3 unspecified atom stereocenters. The van der Waals surface area contributed by atoms with Crippen molar-refractivity contribution in [2.24, 2.45) is 23.2 Å². The monoisotopic (exact) mass is 292 g/mol. The number of carbonyl (C=O) groups excluding carboxylic acids is 1. The molecule has 1 amide bonds. The topological polar surface area (TPSA) is 41.1 Å². The smallest absolute Gasteiger partial charge is 0.223 e. The van der Waals surface area contributed by atoms with Crippen LogP contribution in [-0.4, -0.2) is 25.0 Å². The Morgan fingerprint density at radius 2 is 1.81 bits per heavy atom. The van der Waals surface area contributed by atoms with E-state index in [2.05, 4.69) is 24.5 Å². The molecule has 3 atom stereocenters. The van der Waals surface area contributed by atoms with Gasteiger partial charge in [0.05, 0.1) is 0 Å². The third kappa shape index (κ3) is 3.28. The molecule has 120 valence electrons. The van der Waals surface area contributed by atoms with Crippen LogP contribution in [0.15, 0.2) is 0 Å². The zero-order valence-corrected chi connectivity index (χ0v) is 13.8. The van der Waals surface area contributed by atoms with Gasteiger partial charge in [-0.3, -0.25) is 4.79 Å². The van der Waals surface area contributed by atoms with Crippen molar-refractivity contribution < 1.29 is 4.79 Å². The summed E-state index contributed by atoms with van der Waals surface area (Å²) in [6.45, 7) is 6.75. The standard InChI is InChI=1S/C18H32N2O/c1-13(15-6-4-3-5-7-15)14(2)20-17(21)16-12-18(16)8-10-19-11-9-18/h13-16,19H,3-12H2,1-2H3,(H,20,21). The normalized spacial score (nSPS) is 31.6. The Kier molecular flexibility index (Phi) is 4.58. The number of nitrogens with one attached hydrogen (secondary N) is 2. The summed E-state index contributed by atoms with van der Waals surface area (Å²) in [5, 5.41) is 6.76. The Labute approximate surface area is 129 Å². The van der Waals surface area contributed by atoms with Crippen LogP contribution in [-0.2, 0) is 4.79 Å². The molecule has 0 radical (unpaired) electrons. The van der Waals surface area contributed by atoms with Gasteiger partial charge in [-0.2, -0.15) is 0 Å². The van der Waals surface area contributed by atoms with Gasteiger partial charge in [0, 0.05) is 12.0 Å². The number of piperidine rings is 1. The van der Waals surface area contributed by atoms with E-state index in [9.17, 15) is 4.79 Å². The van der Waals surface area contributed by atoms with E-state index in [0.29, 0.717) is 29.2 Å². The molecule has 0 aromatic rings. The second-order valence-corrected chi connectivity index (χ2v) is 7.92. The fourth-order valence-electron chi connectivity index (χ4n) is 4.72. The highest BCUT2D eigenvalue weighted by molar-refractivity contribution is 5.82. The fraction of sp³-hybridized carbons (Fsp3) is 0.944. The Morgan fingerprint density at radius 1 is 1.14 bits per heavy atom. The second-order valence-electron chi connectivity index (χ2n) is 7.92. The first-order chi connectivity index (χ1) is 10.1. The maximum absolute atomic E-state index is 12.5. The highest BCUT2D eigenvalue weighted by atomic mass is 16.2. The van der Waals surface area contributed by atoms with Crippen LogP contribution in [0.4, 0.5) is 0 Å². The predicted octanol–water partition coefficient (Wildman–Crippen LogP) is 3.10. The summed E-state index contributed by atoms with van der Waals surface area (Å²) in [6.07, 6.45) is 10.4. The molecule has 1 aliphatic heterocycles. The van der Waals surface area contributed by atoms with Gasteiger partial charge in [0.15, 0.2) is 0 Å². The summed E-state index contributed by atoms with van der Waals surface area (Å²) in [6, 6.07) is 0.333. The summed E-state index contributed by atoms with van der Waals surface area (Å²) in [5.74, 6) is 2.09. The van der Waals surface area contributed by atoms with Crippen molar-refractivity contribution in [3.63, 3.8) is 0 Å². The lowest BCUT2D eigenvalue weighted by atomic mass is 9.78. The Hall–Kier alpha value is -0.570. The third-order valence-electron chi connectivity index (χ3n) is 6.66. The van der Waals surface area contributed by atoms with Crippen LogP contribution < -0.4 is 10.6 Å². The predicted molar refractivity (Wildman–Crippen MR) is 86.0 cm³/mol. The van der Waals surface area contributed by atoms with E-state index in [0.717, 1.165) is 25.4 Å². The van der Waals surface area contributed by atoms with Crippen molar-refractivity contribution in [3.8, 4) is 0 Å². The Morgan fingerprint density at radius 3 is 2.48 bits per heavy atom. The first-order valence-electron chi connectivity index (χ1n) is 9.13. The third-order valence-corrected chi connectivity index (χ3v) is 6.66. The number of carbonyl (C=O) groups is 1. The number of hydrogen-bond acceptors (Lipinski definition) is 2. The molecule has 1 spiro atoms. The van der Waals surface area contributed by atoms with Crippen LogP contribution in [0, 0.1) is 23.2 Å². The molecule has 3 heteroatoms. The average Bonchev–Trinajstić information content (AvgIpc) is 3.21. The molecule has 1 saturated heterocycles. The quantitative estimate of drug-likeness (QED) is 0.836. The summed E-state index contributed by atoms with van der Waals surface area (Å²) < 4.78 is 0. The van der Waals surface area contributed by atoms with Crippen LogP contribution >= 0.6 is 0 Å². The molecule has 21 heavy (non-hydrogen) atoms. The number of hydrogen-bond donors (Lipinski definition) is 2. The first kappa shape index (κ1) is 15.3. The van der Waals surface area contributed by atoms with Gasteiger partial charge < -0.3 is 10.6 Å². The van der Waals surface area contributed by atoms with Crippen molar-refractivity contribution >= 4 is 5.91 Å². The lowest BCUT2D eigenvalue weighted by molar-refractivity contribution is -0.124. The SMILES string of the molecule is CC(NC(=O)C1CC12CCNCC2)C(C)C1CCCCC1. The van der Waals surface area contributed by atoms with E-state index >= 15 is 0 Å². The van der Waals surface area contributed by atoms with Crippen LogP contribution in [0.3, 0.4) is 0 Å². The molecular formula is C18H32N2O. The summed E-state index contributed by atoms with van der Waals surface area (Å²) in [5.41, 5.74) is 0.364. The average molecular weight is 292 g/mol. The highest BCUT2D eigenvalue weighted by Crippen LogP contribution is 2.58. The van der Waals surface area contributed by atoms with Gasteiger partial charge >= 0.3 is 0 Å². The minimum atomic E-state index is 0.306. The number of amides is 1. The fourth-order valence-corrected chi connectivity index (χ4v) is 4.72. The summed E-state index contributed by atoms with van der Waals surface area (Å²) in [4.78, 5) is 12.5. The molecule has 0 bridgehead atoms. The van der Waals surface area contributed by atoms with E-state index in [1.165, 1.54) is 44.9 Å². The van der Waals surface area contributed by atoms with E-state index < -0.39 is 0 Å². The molecule has 3 aliphatic rings. The van der Waals surface area contributed by atoms with Gasteiger partial charge in [-0.15, -0.1) is 0 Å². The molecule has 0 aromatic carbocycles. The Balaban J connectivity index is 1.48. The molecule has 1 heterocycles. The first-order valence-corrected chi connectivity index (χ1v) is 9.13. The van der Waals surface area contributed by atoms with Gasteiger partial charge in [0.1, 0.15) is 0 Å². The van der Waals surface area contributed by atoms with Gasteiger partial charge in [0.2, 0.25) is 5.91 Å². The van der Waals surface area contributed by atoms with Crippen molar-refractivity contribution in [2.75, 3.05) is 13.1 Å². The minimum Gasteiger partial charge on any atom is -0.353 e. The molecule has 2 saturated carbocycles. The lowest BCUT2D eigenvalue weighted by Gasteiger charge is -2.32. The van der Waals surface area contributed by atoms with Gasteiger partial charge in [-0.25, -0.2) is 0 Å². The van der Waals surface area contributed by atoms with E-state index in [4.69, 9.17) is 0 Å². The van der Waals surface area contributed by atoms with Crippen molar-refractivity contribution in [3.05, 3.63) is 0 Å². The molecule has 3 fully saturated rings. The zero-order chi connectivity index (χ0) is 14.9. The van der Waals surface area contributed by atoms with Gasteiger partial charge in [0.25, 0.3) is 0 Å². The van der Waals surface area contributed by atoms with E-state index in [-0.39, 0.29) is 0 Å². The van der Waals surface area contributed by atoms with Crippen molar-refractivity contribution in [1.82, 2.24) is 10.6 Å². The van der Waals surface area contributed by atoms with Crippen LogP contribution in [0.1, 0.15) is 65.2 Å². The highest BCUT2D eigenvalue weighted by Gasteiger charge is 2.57. The van der Waals surface area contributed by atoms with Crippen LogP contribution in [0.25, 0.3) is 0 Å². The summed E-state index contributed by atoms with van der Waals surface area (Å²) >= 11 is 0. The maximum atomic E-state index is 12.5. The van der Waals surface area contributed by atoms with Crippen molar-refractivity contribution in [1.29, 1.82) is 0 Å². The van der Waals surface area contributed by atoms with E-state index in [1.54, 1.807) is 0 Å². The van der Waals surface area contributed by atoms with Crippen LogP contribution in [0.2, 0.25) is 0 Å². The molecule has 2 N–H and O–H groups in total. The number of rotatable bonds is 4.